The second-order valence-corrected chi connectivity index (χ2v) is 4.65. The first-order chi connectivity index (χ1) is 8.83. The van der Waals surface area contributed by atoms with Gasteiger partial charge in [0, 0.05) is 25.6 Å². The smallest absolute Gasteiger partial charge is 0.327 e. The van der Waals surface area contributed by atoms with Gasteiger partial charge in [0.1, 0.15) is 6.04 Å². The average molecular weight is 269 g/mol. The first-order valence-corrected chi connectivity index (χ1v) is 6.21. The number of nitrogens with zero attached hydrogens (tertiary/aromatic N) is 2. The minimum absolute atomic E-state index is 0.0136. The summed E-state index contributed by atoms with van der Waals surface area (Å²) >= 11 is 0. The highest BCUT2D eigenvalue weighted by Gasteiger charge is 2.24. The molecular formula is C13H23N3O3. The lowest BCUT2D eigenvalue weighted by atomic mass is 10.2. The van der Waals surface area contributed by atoms with E-state index in [4.69, 9.17) is 11.5 Å². The number of aliphatic carboxylic acids is 1. The minimum Gasteiger partial charge on any atom is -0.480 e. The molecule has 0 saturated heterocycles. The van der Waals surface area contributed by atoms with E-state index in [1.54, 1.807) is 4.90 Å². The zero-order valence-corrected chi connectivity index (χ0v) is 12.0. The van der Waals surface area contributed by atoms with Gasteiger partial charge < -0.3 is 20.2 Å². The molecule has 108 valence electrons. The predicted molar refractivity (Wildman–Crippen MR) is 73.8 cm³/mol. The summed E-state index contributed by atoms with van der Waals surface area (Å²) in [7, 11) is 3.83. The summed E-state index contributed by atoms with van der Waals surface area (Å²) in [5.74, 6) is 1.13. The van der Waals surface area contributed by atoms with E-state index >= 15 is 0 Å². The Morgan fingerprint density at radius 1 is 1.42 bits per heavy atom. The Morgan fingerprint density at radius 2 is 2.00 bits per heavy atom. The van der Waals surface area contributed by atoms with Gasteiger partial charge in [-0.2, -0.15) is 0 Å². The standard InChI is InChI=1S/C13H23N3O3/c1-6-8-11(12(17)18)14-13(19)16(7-2)10(3)9-15(4)5/h1,10-11H,7-9H2,2-5H3,(H,14,19)(H,17,18). The number of terminal acetylenes is 1. The molecule has 0 aliphatic carbocycles. The molecule has 2 unspecified atom stereocenters. The van der Waals surface area contributed by atoms with E-state index < -0.39 is 18.0 Å². The molecule has 0 aliphatic rings. The number of nitrogens with one attached hydrogen (secondary N) is 1. The Morgan fingerprint density at radius 3 is 2.37 bits per heavy atom. The second kappa shape index (κ2) is 8.38. The van der Waals surface area contributed by atoms with E-state index in [0.717, 1.165) is 0 Å². The maximum atomic E-state index is 12.1. The molecule has 0 aromatic carbocycles. The lowest BCUT2D eigenvalue weighted by Crippen LogP contribution is -2.52. The van der Waals surface area contributed by atoms with Gasteiger partial charge in [-0.05, 0) is 27.9 Å². The molecule has 2 atom stereocenters. The summed E-state index contributed by atoms with van der Waals surface area (Å²) in [6.07, 6.45) is 5.07. The summed E-state index contributed by atoms with van der Waals surface area (Å²) in [5, 5.41) is 11.4. The third kappa shape index (κ3) is 6.11. The number of likely N-dealkylation sites (N-methyl/N-ethyl adjacent to an activating group) is 2. The molecular weight excluding hydrogens is 246 g/mol. The van der Waals surface area contributed by atoms with Crippen molar-refractivity contribution in [2.24, 2.45) is 0 Å². The molecule has 19 heavy (non-hydrogen) atoms. The van der Waals surface area contributed by atoms with E-state index in [2.05, 4.69) is 11.2 Å². The topological polar surface area (TPSA) is 72.9 Å². The number of carbonyl (C=O) groups is 2. The predicted octanol–water partition coefficient (Wildman–Crippen LogP) is 0.445. The fraction of sp³-hybridized carbons (Fsp3) is 0.692. The van der Waals surface area contributed by atoms with Crippen LogP contribution in [0.3, 0.4) is 0 Å². The summed E-state index contributed by atoms with van der Waals surface area (Å²) in [5.41, 5.74) is 0. The largest absolute Gasteiger partial charge is 0.480 e. The zero-order valence-electron chi connectivity index (χ0n) is 12.0. The van der Waals surface area contributed by atoms with Gasteiger partial charge in [0.25, 0.3) is 0 Å². The van der Waals surface area contributed by atoms with Crippen LogP contribution in [0.25, 0.3) is 0 Å². The molecule has 0 fully saturated rings. The first kappa shape index (κ1) is 17.3. The molecule has 2 amide bonds. The molecule has 0 rings (SSSR count). The normalized spacial score (nSPS) is 13.5. The number of hydrogen-bond donors (Lipinski definition) is 2. The number of carboxylic acids is 1. The molecule has 0 aliphatic heterocycles. The maximum absolute atomic E-state index is 12.1. The number of urea groups is 1. The molecule has 0 aromatic rings. The van der Waals surface area contributed by atoms with Gasteiger partial charge in [0.15, 0.2) is 0 Å². The van der Waals surface area contributed by atoms with Crippen molar-refractivity contribution < 1.29 is 14.7 Å². The summed E-state index contributed by atoms with van der Waals surface area (Å²) < 4.78 is 0. The zero-order chi connectivity index (χ0) is 15.0. The Labute approximate surface area is 114 Å². The van der Waals surface area contributed by atoms with Crippen LogP contribution in [0.1, 0.15) is 20.3 Å². The van der Waals surface area contributed by atoms with Crippen molar-refractivity contribution in [2.75, 3.05) is 27.2 Å². The van der Waals surface area contributed by atoms with Crippen LogP contribution < -0.4 is 5.32 Å². The number of carbonyl (C=O) groups excluding carboxylic acids is 1. The highest BCUT2D eigenvalue weighted by Crippen LogP contribution is 2.02. The van der Waals surface area contributed by atoms with Crippen molar-refractivity contribution in [2.45, 2.75) is 32.4 Å². The van der Waals surface area contributed by atoms with E-state index in [1.807, 2.05) is 32.8 Å². The molecule has 6 nitrogen and oxygen atoms in total. The number of amides is 2. The lowest BCUT2D eigenvalue weighted by molar-refractivity contribution is -0.139. The minimum atomic E-state index is -1.12. The van der Waals surface area contributed by atoms with Crippen LogP contribution in [-0.4, -0.2) is 66.2 Å². The number of rotatable bonds is 7. The molecule has 0 heterocycles. The van der Waals surface area contributed by atoms with Gasteiger partial charge in [-0.15, -0.1) is 12.3 Å². The molecule has 0 spiro atoms. The number of hydrogen-bond acceptors (Lipinski definition) is 3. The van der Waals surface area contributed by atoms with E-state index in [0.29, 0.717) is 13.1 Å². The van der Waals surface area contributed by atoms with Crippen LogP contribution in [0.5, 0.6) is 0 Å². The van der Waals surface area contributed by atoms with Gasteiger partial charge in [-0.25, -0.2) is 9.59 Å². The maximum Gasteiger partial charge on any atom is 0.327 e. The monoisotopic (exact) mass is 269 g/mol. The first-order valence-electron chi connectivity index (χ1n) is 6.21. The van der Waals surface area contributed by atoms with Gasteiger partial charge in [0.05, 0.1) is 0 Å². The van der Waals surface area contributed by atoms with Gasteiger partial charge >= 0.3 is 12.0 Å². The molecule has 0 radical (unpaired) electrons. The van der Waals surface area contributed by atoms with Crippen LogP contribution in [-0.2, 0) is 4.79 Å². The molecule has 0 bridgehead atoms. The van der Waals surface area contributed by atoms with Crippen LogP contribution in [0.15, 0.2) is 0 Å². The van der Waals surface area contributed by atoms with Crippen LogP contribution in [0.4, 0.5) is 4.79 Å². The Hall–Kier alpha value is -1.74. The Kier molecular flexibility index (Phi) is 7.61. The molecule has 2 N–H and O–H groups in total. The molecule has 0 aromatic heterocycles. The van der Waals surface area contributed by atoms with Gasteiger partial charge in [0.2, 0.25) is 0 Å². The van der Waals surface area contributed by atoms with Gasteiger partial charge in [-0.1, -0.05) is 0 Å². The van der Waals surface area contributed by atoms with E-state index in [9.17, 15) is 9.59 Å². The van der Waals surface area contributed by atoms with Crippen LogP contribution in [0, 0.1) is 12.3 Å². The highest BCUT2D eigenvalue weighted by molar-refractivity contribution is 5.83. The van der Waals surface area contributed by atoms with Crippen molar-refractivity contribution in [1.29, 1.82) is 0 Å². The SMILES string of the molecule is C#CCC(NC(=O)N(CC)C(C)CN(C)C)C(=O)O. The van der Waals surface area contributed by atoms with Crippen molar-refractivity contribution in [3.63, 3.8) is 0 Å². The molecule has 6 heteroatoms. The van der Waals surface area contributed by atoms with Crippen molar-refractivity contribution in [3.05, 3.63) is 0 Å². The fourth-order valence-electron chi connectivity index (χ4n) is 1.83. The quantitative estimate of drug-likeness (QED) is 0.658. The fourth-order valence-corrected chi connectivity index (χ4v) is 1.83. The Bertz CT molecular complexity index is 350. The van der Waals surface area contributed by atoms with E-state index in [1.165, 1.54) is 0 Å². The highest BCUT2D eigenvalue weighted by atomic mass is 16.4. The number of carboxylic acid groups (broad SMARTS) is 1. The third-order valence-corrected chi connectivity index (χ3v) is 2.68. The van der Waals surface area contributed by atoms with Crippen molar-refractivity contribution >= 4 is 12.0 Å². The van der Waals surface area contributed by atoms with Gasteiger partial charge in [-0.3, -0.25) is 0 Å². The molecule has 0 saturated carbocycles. The Balaban J connectivity index is 4.66. The lowest BCUT2D eigenvalue weighted by Gasteiger charge is -2.31. The van der Waals surface area contributed by atoms with Crippen molar-refractivity contribution in [1.82, 2.24) is 15.1 Å². The average Bonchev–Trinajstić information content (AvgIpc) is 2.28. The third-order valence-electron chi connectivity index (χ3n) is 2.68. The summed E-state index contributed by atoms with van der Waals surface area (Å²) in [4.78, 5) is 26.6. The van der Waals surface area contributed by atoms with Crippen molar-refractivity contribution in [3.8, 4) is 12.3 Å². The van der Waals surface area contributed by atoms with Crippen LogP contribution >= 0.6 is 0 Å². The summed E-state index contributed by atoms with van der Waals surface area (Å²) in [6.45, 7) is 4.97. The summed E-state index contributed by atoms with van der Waals surface area (Å²) in [6, 6.07) is -1.46. The second-order valence-electron chi connectivity index (χ2n) is 4.65. The van der Waals surface area contributed by atoms with E-state index in [-0.39, 0.29) is 12.5 Å². The van der Waals surface area contributed by atoms with Crippen LogP contribution in [0.2, 0.25) is 0 Å².